The number of anilines is 2. The molecule has 0 spiro atoms. The van der Waals surface area contributed by atoms with Gasteiger partial charge in [0.05, 0.1) is 12.2 Å². The van der Waals surface area contributed by atoms with Crippen LogP contribution in [0.25, 0.3) is 11.0 Å². The number of nitrogens with one attached hydrogen (secondary N) is 2. The normalized spacial score (nSPS) is 10.6. The lowest BCUT2D eigenvalue weighted by atomic mass is 10.1. The number of pyridine rings is 1. The average Bonchev–Trinajstić information content (AvgIpc) is 2.99. The number of aliphatic hydroxyl groups is 1. The van der Waals surface area contributed by atoms with Crippen LogP contribution in [0.15, 0.2) is 36.5 Å². The first-order valence-electron chi connectivity index (χ1n) is 8.87. The summed E-state index contributed by atoms with van der Waals surface area (Å²) in [5, 5.41) is 12.9. The van der Waals surface area contributed by atoms with Crippen LogP contribution in [0.3, 0.4) is 0 Å². The maximum atomic E-state index is 12.8. The molecule has 0 radical (unpaired) electrons. The van der Waals surface area contributed by atoms with Gasteiger partial charge in [0.25, 0.3) is 5.91 Å². The number of rotatable bonds is 7. The molecule has 2 heterocycles. The third kappa shape index (κ3) is 3.83. The molecule has 28 heavy (non-hydrogen) atoms. The van der Waals surface area contributed by atoms with E-state index in [-0.39, 0.29) is 13.2 Å². The summed E-state index contributed by atoms with van der Waals surface area (Å²) in [6.45, 7) is 2.16. The number of hydrogen-bond donors (Lipinski definition) is 3. The number of aliphatic hydroxyl groups excluding tert-OH is 1. The minimum atomic E-state index is -0.392. The Morgan fingerprint density at radius 1 is 1.39 bits per heavy atom. The third-order valence-corrected chi connectivity index (χ3v) is 4.39. The standard InChI is InChI=1S/C21H22N4O3/c1-4-15-8-9-17(14(2)13-15)23-20-18(21(27)24-28-12-6-11-26)16-7-5-10-22-19(16)25(20)3/h1,5,7-10,13,23,26H,6,11-12H2,2-3H3,(H,24,27). The largest absolute Gasteiger partial charge is 0.396 e. The number of hydrogen-bond acceptors (Lipinski definition) is 5. The fourth-order valence-electron chi connectivity index (χ4n) is 2.96. The molecule has 7 heteroatoms. The van der Waals surface area contributed by atoms with Gasteiger partial charge in [0.15, 0.2) is 0 Å². The Balaban J connectivity index is 2.00. The van der Waals surface area contributed by atoms with Crippen molar-refractivity contribution in [3.05, 3.63) is 53.2 Å². The summed E-state index contributed by atoms with van der Waals surface area (Å²) in [6, 6.07) is 9.25. The molecule has 1 amide bonds. The number of aromatic nitrogens is 2. The predicted molar refractivity (Wildman–Crippen MR) is 108 cm³/mol. The summed E-state index contributed by atoms with van der Waals surface area (Å²) >= 11 is 0. The van der Waals surface area contributed by atoms with Gasteiger partial charge in [0.2, 0.25) is 0 Å². The van der Waals surface area contributed by atoms with E-state index >= 15 is 0 Å². The first-order valence-corrected chi connectivity index (χ1v) is 8.87. The molecule has 0 fully saturated rings. The van der Waals surface area contributed by atoms with Crippen LogP contribution in [0.5, 0.6) is 0 Å². The molecule has 2 aromatic heterocycles. The average molecular weight is 378 g/mol. The lowest BCUT2D eigenvalue weighted by molar-refractivity contribution is 0.0264. The number of carbonyl (C=O) groups excluding carboxylic acids is 1. The number of aryl methyl sites for hydroxylation is 2. The first-order chi connectivity index (χ1) is 13.6. The van der Waals surface area contributed by atoms with Crippen LogP contribution in [-0.2, 0) is 11.9 Å². The van der Waals surface area contributed by atoms with Gasteiger partial charge >= 0.3 is 0 Å². The van der Waals surface area contributed by atoms with Crippen molar-refractivity contribution in [1.82, 2.24) is 15.0 Å². The number of hydroxylamine groups is 1. The topological polar surface area (TPSA) is 88.4 Å². The summed E-state index contributed by atoms with van der Waals surface area (Å²) in [5.41, 5.74) is 6.12. The van der Waals surface area contributed by atoms with Crippen molar-refractivity contribution in [3.8, 4) is 12.3 Å². The van der Waals surface area contributed by atoms with E-state index in [0.29, 0.717) is 28.8 Å². The minimum Gasteiger partial charge on any atom is -0.396 e. The van der Waals surface area contributed by atoms with Gasteiger partial charge in [-0.2, -0.15) is 0 Å². The zero-order valence-corrected chi connectivity index (χ0v) is 15.8. The Labute approximate surface area is 163 Å². The fraction of sp³-hybridized carbons (Fsp3) is 0.238. The van der Waals surface area contributed by atoms with Gasteiger partial charge in [-0.05, 0) is 49.2 Å². The van der Waals surface area contributed by atoms with Crippen LogP contribution in [-0.4, -0.2) is 33.8 Å². The molecule has 3 rings (SSSR count). The van der Waals surface area contributed by atoms with Crippen LogP contribution in [0.1, 0.15) is 27.9 Å². The van der Waals surface area contributed by atoms with Crippen LogP contribution >= 0.6 is 0 Å². The van der Waals surface area contributed by atoms with Crippen molar-refractivity contribution in [1.29, 1.82) is 0 Å². The Morgan fingerprint density at radius 3 is 2.93 bits per heavy atom. The monoisotopic (exact) mass is 378 g/mol. The van der Waals surface area contributed by atoms with E-state index < -0.39 is 5.91 Å². The molecule has 144 valence electrons. The molecule has 3 aromatic rings. The van der Waals surface area contributed by atoms with E-state index in [1.165, 1.54) is 0 Å². The highest BCUT2D eigenvalue weighted by molar-refractivity contribution is 6.11. The van der Waals surface area contributed by atoms with E-state index in [4.69, 9.17) is 16.4 Å². The van der Waals surface area contributed by atoms with Crippen molar-refractivity contribution in [3.63, 3.8) is 0 Å². The van der Waals surface area contributed by atoms with Gasteiger partial charge < -0.3 is 15.0 Å². The van der Waals surface area contributed by atoms with Gasteiger partial charge in [-0.25, -0.2) is 10.5 Å². The van der Waals surface area contributed by atoms with Crippen molar-refractivity contribution in [2.24, 2.45) is 7.05 Å². The summed E-state index contributed by atoms with van der Waals surface area (Å²) in [5.74, 6) is 2.81. The van der Waals surface area contributed by atoms with Gasteiger partial charge in [-0.1, -0.05) is 5.92 Å². The van der Waals surface area contributed by atoms with Crippen molar-refractivity contribution < 1.29 is 14.7 Å². The molecule has 0 atom stereocenters. The molecular formula is C21H22N4O3. The zero-order chi connectivity index (χ0) is 20.1. The SMILES string of the molecule is C#Cc1ccc(Nc2c(C(=O)NOCCCO)c3cccnc3n2C)c(C)c1. The molecule has 3 N–H and O–H groups in total. The van der Waals surface area contributed by atoms with Crippen molar-refractivity contribution in [2.75, 3.05) is 18.5 Å². The Bertz CT molecular complexity index is 1050. The van der Waals surface area contributed by atoms with Crippen molar-refractivity contribution in [2.45, 2.75) is 13.3 Å². The van der Waals surface area contributed by atoms with Gasteiger partial charge in [-0.15, -0.1) is 6.42 Å². The second-order valence-corrected chi connectivity index (χ2v) is 6.31. The Morgan fingerprint density at radius 2 is 2.21 bits per heavy atom. The summed E-state index contributed by atoms with van der Waals surface area (Å²) in [4.78, 5) is 22.4. The molecule has 0 aliphatic heterocycles. The summed E-state index contributed by atoms with van der Waals surface area (Å²) in [6.07, 6.45) is 7.58. The van der Waals surface area contributed by atoms with Crippen LogP contribution in [0, 0.1) is 19.3 Å². The molecular weight excluding hydrogens is 356 g/mol. The predicted octanol–water partition coefficient (Wildman–Crippen LogP) is 2.65. The highest BCUT2D eigenvalue weighted by Gasteiger charge is 2.22. The molecule has 0 unspecified atom stereocenters. The first kappa shape index (κ1) is 19.4. The maximum absolute atomic E-state index is 12.8. The lowest BCUT2D eigenvalue weighted by Crippen LogP contribution is -2.25. The van der Waals surface area contributed by atoms with Gasteiger partial charge in [0.1, 0.15) is 11.5 Å². The van der Waals surface area contributed by atoms with E-state index in [0.717, 1.165) is 16.8 Å². The molecule has 0 saturated heterocycles. The summed E-state index contributed by atoms with van der Waals surface area (Å²) < 4.78 is 1.83. The lowest BCUT2D eigenvalue weighted by Gasteiger charge is -2.13. The molecule has 0 bridgehead atoms. The highest BCUT2D eigenvalue weighted by Crippen LogP contribution is 2.31. The number of carbonyl (C=O) groups is 1. The summed E-state index contributed by atoms with van der Waals surface area (Å²) in [7, 11) is 1.84. The maximum Gasteiger partial charge on any atom is 0.279 e. The smallest absolute Gasteiger partial charge is 0.279 e. The van der Waals surface area contributed by atoms with Crippen LogP contribution in [0.2, 0.25) is 0 Å². The number of nitrogens with zero attached hydrogens (tertiary/aromatic N) is 2. The van der Waals surface area contributed by atoms with Crippen molar-refractivity contribution >= 4 is 28.4 Å². The van der Waals surface area contributed by atoms with Gasteiger partial charge in [-0.3, -0.25) is 9.63 Å². The second-order valence-electron chi connectivity index (χ2n) is 6.31. The third-order valence-electron chi connectivity index (χ3n) is 4.39. The molecule has 0 saturated carbocycles. The molecule has 7 nitrogen and oxygen atoms in total. The Kier molecular flexibility index (Phi) is 5.94. The number of benzene rings is 1. The highest BCUT2D eigenvalue weighted by atomic mass is 16.6. The quantitative estimate of drug-likeness (QED) is 0.334. The van der Waals surface area contributed by atoms with Crippen LogP contribution in [0.4, 0.5) is 11.5 Å². The molecule has 1 aromatic carbocycles. The van der Waals surface area contributed by atoms with E-state index in [1.807, 2.05) is 42.8 Å². The molecule has 0 aliphatic carbocycles. The van der Waals surface area contributed by atoms with E-state index in [9.17, 15) is 4.79 Å². The second kappa shape index (κ2) is 8.57. The van der Waals surface area contributed by atoms with E-state index in [2.05, 4.69) is 21.7 Å². The van der Waals surface area contributed by atoms with Crippen LogP contribution < -0.4 is 10.8 Å². The fourth-order valence-corrected chi connectivity index (χ4v) is 2.96. The number of terminal acetylenes is 1. The minimum absolute atomic E-state index is 0.00616. The Hall–Kier alpha value is -3.34. The van der Waals surface area contributed by atoms with Gasteiger partial charge in [0, 0.05) is 36.5 Å². The number of amides is 1. The number of fused-ring (bicyclic) bond motifs is 1. The molecule has 0 aliphatic rings. The van der Waals surface area contributed by atoms with E-state index in [1.54, 1.807) is 12.3 Å². The zero-order valence-electron chi connectivity index (χ0n) is 15.8.